The highest BCUT2D eigenvalue weighted by Gasteiger charge is 2.44. The SMILES string of the molecule is CC(C)(O)CN1CCC2(CC1)CC(Oc1ccccc1)CO2. The van der Waals surface area contributed by atoms with Gasteiger partial charge in [-0.3, -0.25) is 0 Å². The number of nitrogens with zero attached hydrogens (tertiary/aromatic N) is 1. The first kappa shape index (κ1) is 15.8. The molecule has 1 atom stereocenters. The minimum Gasteiger partial charge on any atom is -0.488 e. The van der Waals surface area contributed by atoms with Crippen molar-refractivity contribution in [1.29, 1.82) is 0 Å². The highest BCUT2D eigenvalue weighted by Crippen LogP contribution is 2.37. The van der Waals surface area contributed by atoms with Crippen molar-refractivity contribution in [2.45, 2.75) is 50.4 Å². The van der Waals surface area contributed by atoms with E-state index >= 15 is 0 Å². The average molecular weight is 305 g/mol. The van der Waals surface area contributed by atoms with Crippen molar-refractivity contribution in [2.24, 2.45) is 0 Å². The van der Waals surface area contributed by atoms with Crippen LogP contribution in [-0.4, -0.2) is 53.6 Å². The van der Waals surface area contributed by atoms with Gasteiger partial charge in [0.15, 0.2) is 0 Å². The molecule has 0 aliphatic carbocycles. The molecule has 1 aromatic carbocycles. The van der Waals surface area contributed by atoms with Gasteiger partial charge in [0.05, 0.1) is 17.8 Å². The van der Waals surface area contributed by atoms with E-state index in [0.717, 1.165) is 44.6 Å². The molecule has 2 fully saturated rings. The van der Waals surface area contributed by atoms with Crippen molar-refractivity contribution in [2.75, 3.05) is 26.2 Å². The Hall–Kier alpha value is -1.10. The van der Waals surface area contributed by atoms with Gasteiger partial charge in [0.25, 0.3) is 0 Å². The molecule has 2 saturated heterocycles. The topological polar surface area (TPSA) is 41.9 Å². The quantitative estimate of drug-likeness (QED) is 0.928. The molecule has 4 nitrogen and oxygen atoms in total. The molecule has 4 heteroatoms. The number of hydrogen-bond donors (Lipinski definition) is 1. The lowest BCUT2D eigenvalue weighted by Gasteiger charge is -2.40. The van der Waals surface area contributed by atoms with Crippen LogP contribution < -0.4 is 4.74 Å². The summed E-state index contributed by atoms with van der Waals surface area (Å²) in [6.45, 7) is 7.12. The summed E-state index contributed by atoms with van der Waals surface area (Å²) in [4.78, 5) is 2.33. The summed E-state index contributed by atoms with van der Waals surface area (Å²) in [5.41, 5.74) is -0.643. The Kier molecular flexibility index (Phi) is 4.44. The van der Waals surface area contributed by atoms with E-state index in [1.54, 1.807) is 0 Å². The van der Waals surface area contributed by atoms with Crippen molar-refractivity contribution < 1.29 is 14.6 Å². The van der Waals surface area contributed by atoms with Crippen molar-refractivity contribution in [3.63, 3.8) is 0 Å². The fraction of sp³-hybridized carbons (Fsp3) is 0.667. The van der Waals surface area contributed by atoms with Crippen LogP contribution in [0.1, 0.15) is 33.1 Å². The molecule has 0 aromatic heterocycles. The molecule has 0 radical (unpaired) electrons. The average Bonchev–Trinajstić information content (AvgIpc) is 2.84. The molecule has 0 bridgehead atoms. The first-order valence-electron chi connectivity index (χ1n) is 8.25. The van der Waals surface area contributed by atoms with Gasteiger partial charge in [-0.2, -0.15) is 0 Å². The van der Waals surface area contributed by atoms with Gasteiger partial charge < -0.3 is 19.5 Å². The van der Waals surface area contributed by atoms with Gasteiger partial charge >= 0.3 is 0 Å². The molecule has 3 rings (SSSR count). The van der Waals surface area contributed by atoms with E-state index in [1.807, 2.05) is 44.2 Å². The molecule has 122 valence electrons. The first-order valence-corrected chi connectivity index (χ1v) is 8.25. The van der Waals surface area contributed by atoms with E-state index in [1.165, 1.54) is 0 Å². The minimum absolute atomic E-state index is 0.0183. The fourth-order valence-corrected chi connectivity index (χ4v) is 3.58. The van der Waals surface area contributed by atoms with Gasteiger partial charge in [0.1, 0.15) is 11.9 Å². The van der Waals surface area contributed by atoms with Gasteiger partial charge in [-0.15, -0.1) is 0 Å². The molecule has 2 aliphatic heterocycles. The number of para-hydroxylation sites is 1. The lowest BCUT2D eigenvalue weighted by Crippen LogP contribution is -2.48. The van der Waals surface area contributed by atoms with E-state index in [2.05, 4.69) is 4.90 Å². The van der Waals surface area contributed by atoms with Crippen LogP contribution in [-0.2, 0) is 4.74 Å². The molecule has 1 N–H and O–H groups in total. The van der Waals surface area contributed by atoms with Crippen LogP contribution in [0, 0.1) is 0 Å². The number of piperidine rings is 1. The Bertz CT molecular complexity index is 475. The normalized spacial score (nSPS) is 25.5. The zero-order chi connectivity index (χ0) is 15.6. The Morgan fingerprint density at radius 2 is 1.95 bits per heavy atom. The van der Waals surface area contributed by atoms with Gasteiger partial charge in [-0.1, -0.05) is 18.2 Å². The van der Waals surface area contributed by atoms with Gasteiger partial charge in [-0.05, 0) is 38.8 Å². The third kappa shape index (κ3) is 4.00. The molecule has 22 heavy (non-hydrogen) atoms. The van der Waals surface area contributed by atoms with Crippen LogP contribution in [0.4, 0.5) is 0 Å². The van der Waals surface area contributed by atoms with Gasteiger partial charge in [0, 0.05) is 26.1 Å². The summed E-state index contributed by atoms with van der Waals surface area (Å²) < 4.78 is 12.2. The Morgan fingerprint density at radius 3 is 2.59 bits per heavy atom. The molecule has 2 heterocycles. The maximum atomic E-state index is 9.94. The van der Waals surface area contributed by atoms with Gasteiger partial charge in [0.2, 0.25) is 0 Å². The fourth-order valence-electron chi connectivity index (χ4n) is 3.58. The highest BCUT2D eigenvalue weighted by molar-refractivity contribution is 5.21. The Labute approximate surface area is 133 Å². The van der Waals surface area contributed by atoms with Crippen molar-refractivity contribution in [1.82, 2.24) is 4.90 Å². The third-order valence-electron chi connectivity index (χ3n) is 4.60. The molecule has 1 unspecified atom stereocenters. The summed E-state index contributed by atoms with van der Waals surface area (Å²) in [6, 6.07) is 9.98. The summed E-state index contributed by atoms with van der Waals surface area (Å²) in [5.74, 6) is 0.924. The first-order chi connectivity index (χ1) is 10.4. The van der Waals surface area contributed by atoms with Crippen molar-refractivity contribution in [3.05, 3.63) is 30.3 Å². The monoisotopic (exact) mass is 305 g/mol. The van der Waals surface area contributed by atoms with Crippen LogP contribution in [0.15, 0.2) is 30.3 Å². The Balaban J connectivity index is 1.50. The van der Waals surface area contributed by atoms with Gasteiger partial charge in [-0.25, -0.2) is 0 Å². The highest BCUT2D eigenvalue weighted by atomic mass is 16.6. The number of aliphatic hydroxyl groups is 1. The molecular formula is C18H27NO3. The number of ether oxygens (including phenoxy) is 2. The lowest BCUT2D eigenvalue weighted by atomic mass is 9.87. The van der Waals surface area contributed by atoms with E-state index in [4.69, 9.17) is 9.47 Å². The molecular weight excluding hydrogens is 278 g/mol. The summed E-state index contributed by atoms with van der Waals surface area (Å²) >= 11 is 0. The summed E-state index contributed by atoms with van der Waals surface area (Å²) in [5, 5.41) is 9.94. The lowest BCUT2D eigenvalue weighted by molar-refractivity contribution is -0.0577. The predicted molar refractivity (Wildman–Crippen MR) is 86.1 cm³/mol. The van der Waals surface area contributed by atoms with E-state index in [9.17, 15) is 5.11 Å². The van der Waals surface area contributed by atoms with E-state index < -0.39 is 5.60 Å². The molecule has 0 saturated carbocycles. The maximum absolute atomic E-state index is 9.94. The second-order valence-electron chi connectivity index (χ2n) is 7.34. The number of β-amino-alcohol motifs (C(OH)–C–C–N with tert-alkyl or cyclic N) is 1. The smallest absolute Gasteiger partial charge is 0.125 e. The van der Waals surface area contributed by atoms with Crippen LogP contribution in [0.2, 0.25) is 0 Å². The zero-order valence-electron chi connectivity index (χ0n) is 13.6. The molecule has 1 aromatic rings. The second kappa shape index (κ2) is 6.19. The number of likely N-dealkylation sites (tertiary alicyclic amines) is 1. The standard InChI is InChI=1S/C18H27NO3/c1-17(2,20)14-19-10-8-18(9-11-19)12-16(13-21-18)22-15-6-4-3-5-7-15/h3-7,16,20H,8-14H2,1-2H3. The Morgan fingerprint density at radius 1 is 1.27 bits per heavy atom. The van der Waals surface area contributed by atoms with Crippen molar-refractivity contribution in [3.8, 4) is 5.75 Å². The largest absolute Gasteiger partial charge is 0.488 e. The number of hydrogen-bond acceptors (Lipinski definition) is 4. The minimum atomic E-state index is -0.625. The van der Waals surface area contributed by atoms with E-state index in [-0.39, 0.29) is 11.7 Å². The maximum Gasteiger partial charge on any atom is 0.125 e. The zero-order valence-corrected chi connectivity index (χ0v) is 13.6. The predicted octanol–water partition coefficient (Wildman–Crippen LogP) is 2.46. The second-order valence-corrected chi connectivity index (χ2v) is 7.34. The summed E-state index contributed by atoms with van der Waals surface area (Å²) in [6.07, 6.45) is 3.18. The van der Waals surface area contributed by atoms with Crippen LogP contribution in [0.3, 0.4) is 0 Å². The third-order valence-corrected chi connectivity index (χ3v) is 4.60. The number of rotatable bonds is 4. The van der Waals surface area contributed by atoms with Crippen LogP contribution in [0.25, 0.3) is 0 Å². The van der Waals surface area contributed by atoms with Crippen LogP contribution >= 0.6 is 0 Å². The van der Waals surface area contributed by atoms with Crippen molar-refractivity contribution >= 4 is 0 Å². The van der Waals surface area contributed by atoms with E-state index in [0.29, 0.717) is 6.61 Å². The van der Waals surface area contributed by atoms with Crippen LogP contribution in [0.5, 0.6) is 5.75 Å². The molecule has 1 spiro atoms. The molecule has 2 aliphatic rings. The summed E-state index contributed by atoms with van der Waals surface area (Å²) in [7, 11) is 0. The molecule has 0 amide bonds. The number of benzene rings is 1.